The van der Waals surface area contributed by atoms with Gasteiger partial charge in [-0.1, -0.05) is 71.9 Å². The van der Waals surface area contributed by atoms with Crippen LogP contribution in [0.25, 0.3) is 0 Å². The Bertz CT molecular complexity index is 984. The molecule has 1 aromatic rings. The van der Waals surface area contributed by atoms with Crippen LogP contribution in [0.15, 0.2) is 30.3 Å². The summed E-state index contributed by atoms with van der Waals surface area (Å²) in [5.74, 6) is -0.276. The molecular weight excluding hydrogens is 551 g/mol. The number of nitrogens with zero attached hydrogens (tertiary/aromatic N) is 1. The summed E-state index contributed by atoms with van der Waals surface area (Å²) in [6, 6.07) is 10.5. The fourth-order valence-electron chi connectivity index (χ4n) is 5.40. The quantitative estimate of drug-likeness (QED) is 0.193. The van der Waals surface area contributed by atoms with Crippen molar-refractivity contribution in [2.45, 2.75) is 141 Å². The van der Waals surface area contributed by atoms with Crippen LogP contribution in [0.5, 0.6) is 0 Å². The molecule has 5 atom stereocenters. The van der Waals surface area contributed by atoms with Gasteiger partial charge in [-0.2, -0.15) is 0 Å². The summed E-state index contributed by atoms with van der Waals surface area (Å²) in [5, 5.41) is 0.0423. The summed E-state index contributed by atoms with van der Waals surface area (Å²) in [6.07, 6.45) is 0.969. The van der Waals surface area contributed by atoms with Gasteiger partial charge in [0.15, 0.2) is 22.9 Å². The highest BCUT2D eigenvalue weighted by atomic mass is 28.4. The highest BCUT2D eigenvalue weighted by molar-refractivity contribution is 6.74. The van der Waals surface area contributed by atoms with Crippen molar-refractivity contribution in [1.82, 2.24) is 4.90 Å². The van der Waals surface area contributed by atoms with Gasteiger partial charge in [0.05, 0.1) is 31.5 Å². The molecule has 234 valence electrons. The summed E-state index contributed by atoms with van der Waals surface area (Å²) in [6.45, 7) is 28.2. The lowest BCUT2D eigenvalue weighted by Crippen LogP contribution is -2.54. The second kappa shape index (κ2) is 13.3. The second-order valence-corrected chi connectivity index (χ2v) is 24.4. The number of carbonyl (C=O) groups is 1. The Morgan fingerprint density at radius 3 is 1.83 bits per heavy atom. The number of hydrogen-bond donors (Lipinski definition) is 0. The van der Waals surface area contributed by atoms with Crippen LogP contribution in [0.1, 0.15) is 79.8 Å². The van der Waals surface area contributed by atoms with E-state index in [0.717, 1.165) is 12.8 Å². The van der Waals surface area contributed by atoms with Crippen LogP contribution in [0.2, 0.25) is 36.3 Å². The van der Waals surface area contributed by atoms with Crippen molar-refractivity contribution in [1.29, 1.82) is 0 Å². The van der Waals surface area contributed by atoms with Crippen LogP contribution < -0.4 is 0 Å². The van der Waals surface area contributed by atoms with E-state index in [1.165, 1.54) is 12.5 Å². The minimum absolute atomic E-state index is 0.0139. The molecule has 7 nitrogen and oxygen atoms in total. The van der Waals surface area contributed by atoms with E-state index in [1.54, 1.807) is 0 Å². The highest BCUT2D eigenvalue weighted by Crippen LogP contribution is 2.47. The lowest BCUT2D eigenvalue weighted by Gasteiger charge is -2.44. The molecule has 2 aliphatic rings. The third-order valence-electron chi connectivity index (χ3n) is 9.90. The van der Waals surface area contributed by atoms with E-state index < -0.39 is 16.6 Å². The minimum atomic E-state index is -2.23. The van der Waals surface area contributed by atoms with Crippen molar-refractivity contribution in [2.75, 3.05) is 19.8 Å². The Morgan fingerprint density at radius 2 is 1.37 bits per heavy atom. The van der Waals surface area contributed by atoms with Gasteiger partial charge in [0, 0.05) is 19.0 Å². The van der Waals surface area contributed by atoms with E-state index in [0.29, 0.717) is 13.2 Å². The minimum Gasteiger partial charge on any atom is -0.464 e. The topological polar surface area (TPSA) is 66.5 Å². The standard InChI is InChI=1S/C32H57NO6Si2/c1-23(25-16-14-13-15-17-25)33-26(18-19-28-35-20-21-36-28)29(38-40(9,10)31(3,4)5)30(27(33)22-37-24(2)34)39-41(11,12)32(6,7)8/h13-17,23,26-30H,18-22H2,1-12H3/t23-,26-,27+,29-,30+/m0/s1. The van der Waals surface area contributed by atoms with Crippen molar-refractivity contribution in [2.24, 2.45) is 0 Å². The van der Waals surface area contributed by atoms with E-state index in [2.05, 4.69) is 110 Å². The SMILES string of the molecule is CC(=O)OC[C@@H]1[C@@H](O[Si](C)(C)C(C)(C)C)[C@@H](O[Si](C)(C)C(C)(C)C)[C@H](CCC2OCCO2)N1[C@@H](C)c1ccccc1. The summed E-state index contributed by atoms with van der Waals surface area (Å²) in [7, 11) is -4.45. The second-order valence-electron chi connectivity index (χ2n) is 14.9. The normalized spacial score (nSPS) is 26.0. The molecule has 41 heavy (non-hydrogen) atoms. The Kier molecular flexibility index (Phi) is 11.1. The number of hydrogen-bond acceptors (Lipinski definition) is 7. The molecule has 2 saturated heterocycles. The first-order valence-electron chi connectivity index (χ1n) is 15.4. The predicted molar refractivity (Wildman–Crippen MR) is 170 cm³/mol. The van der Waals surface area contributed by atoms with Crippen molar-refractivity contribution in [3.63, 3.8) is 0 Å². The van der Waals surface area contributed by atoms with Crippen molar-refractivity contribution >= 4 is 22.6 Å². The van der Waals surface area contributed by atoms with E-state index in [9.17, 15) is 4.79 Å². The molecule has 0 spiro atoms. The first-order chi connectivity index (χ1) is 18.9. The van der Waals surface area contributed by atoms with Crippen molar-refractivity contribution in [3.8, 4) is 0 Å². The molecular formula is C32H57NO6Si2. The van der Waals surface area contributed by atoms with Gasteiger partial charge < -0.3 is 23.1 Å². The van der Waals surface area contributed by atoms with E-state index in [1.807, 2.05) is 0 Å². The highest BCUT2D eigenvalue weighted by Gasteiger charge is 2.57. The van der Waals surface area contributed by atoms with Crippen molar-refractivity contribution < 1.29 is 27.9 Å². The number of carbonyl (C=O) groups excluding carboxylic acids is 1. The van der Waals surface area contributed by atoms with Gasteiger partial charge in [-0.05, 0) is 61.6 Å². The zero-order valence-corrected chi connectivity index (χ0v) is 29.8. The molecule has 2 aliphatic heterocycles. The lowest BCUT2D eigenvalue weighted by atomic mass is 10.0. The van der Waals surface area contributed by atoms with E-state index in [-0.39, 0.29) is 59.3 Å². The van der Waals surface area contributed by atoms with Gasteiger partial charge in [0.2, 0.25) is 0 Å². The van der Waals surface area contributed by atoms with Gasteiger partial charge in [-0.3, -0.25) is 9.69 Å². The lowest BCUT2D eigenvalue weighted by molar-refractivity contribution is -0.143. The monoisotopic (exact) mass is 607 g/mol. The third-order valence-corrected chi connectivity index (χ3v) is 18.8. The van der Waals surface area contributed by atoms with E-state index >= 15 is 0 Å². The third kappa shape index (κ3) is 8.31. The number of likely N-dealkylation sites (tertiary alicyclic amines) is 1. The summed E-state index contributed by atoms with van der Waals surface area (Å²) in [4.78, 5) is 14.7. The largest absolute Gasteiger partial charge is 0.464 e. The molecule has 3 rings (SSSR count). The fraction of sp³-hybridized carbons (Fsp3) is 0.781. The van der Waals surface area contributed by atoms with Crippen LogP contribution in [0.4, 0.5) is 0 Å². The summed E-state index contributed by atoms with van der Waals surface area (Å²) >= 11 is 0. The first kappa shape index (κ1) is 34.4. The number of ether oxygens (including phenoxy) is 3. The molecule has 0 saturated carbocycles. The molecule has 2 fully saturated rings. The van der Waals surface area contributed by atoms with Gasteiger partial charge in [-0.25, -0.2) is 0 Å². The molecule has 0 aromatic heterocycles. The first-order valence-corrected chi connectivity index (χ1v) is 21.2. The number of rotatable bonds is 11. The Hall–Kier alpha value is -1.08. The maximum atomic E-state index is 12.2. The molecule has 0 radical (unpaired) electrons. The molecule has 1 aromatic carbocycles. The number of esters is 1. The predicted octanol–water partition coefficient (Wildman–Crippen LogP) is 7.30. The average Bonchev–Trinajstić information content (AvgIpc) is 3.46. The van der Waals surface area contributed by atoms with Gasteiger partial charge in [0.1, 0.15) is 6.61 Å². The average molecular weight is 608 g/mol. The summed E-state index contributed by atoms with van der Waals surface area (Å²) in [5.41, 5.74) is 1.22. The van der Waals surface area contributed by atoms with Crippen LogP contribution in [0, 0.1) is 0 Å². The molecule has 0 unspecified atom stereocenters. The molecule has 0 amide bonds. The van der Waals surface area contributed by atoms with Gasteiger partial charge in [-0.15, -0.1) is 0 Å². The molecule has 9 heteroatoms. The van der Waals surface area contributed by atoms with E-state index in [4.69, 9.17) is 23.1 Å². The van der Waals surface area contributed by atoms with Gasteiger partial charge >= 0.3 is 5.97 Å². The molecule has 0 aliphatic carbocycles. The van der Waals surface area contributed by atoms with Crippen LogP contribution in [0.3, 0.4) is 0 Å². The molecule has 0 N–H and O–H groups in total. The maximum absolute atomic E-state index is 12.2. The van der Waals surface area contributed by atoms with Crippen LogP contribution in [-0.2, 0) is 27.9 Å². The van der Waals surface area contributed by atoms with Crippen LogP contribution in [-0.4, -0.2) is 77.9 Å². The van der Waals surface area contributed by atoms with Crippen LogP contribution >= 0.6 is 0 Å². The maximum Gasteiger partial charge on any atom is 0.302 e. The number of benzene rings is 1. The molecule has 0 bridgehead atoms. The zero-order valence-electron chi connectivity index (χ0n) is 27.8. The Labute approximate surface area is 251 Å². The summed E-state index contributed by atoms with van der Waals surface area (Å²) < 4.78 is 32.3. The zero-order chi connectivity index (χ0) is 30.8. The molecule has 2 heterocycles. The Balaban J connectivity index is 2.16. The van der Waals surface area contributed by atoms with Gasteiger partial charge in [0.25, 0.3) is 0 Å². The fourth-order valence-corrected chi connectivity index (χ4v) is 8.05. The Morgan fingerprint density at radius 1 is 0.878 bits per heavy atom. The smallest absolute Gasteiger partial charge is 0.302 e. The van der Waals surface area contributed by atoms with Crippen molar-refractivity contribution in [3.05, 3.63) is 35.9 Å².